The second-order valence-corrected chi connectivity index (χ2v) is 4.14. The van der Waals surface area contributed by atoms with Gasteiger partial charge in [-0.15, -0.1) is 0 Å². The van der Waals surface area contributed by atoms with Gasteiger partial charge < -0.3 is 15.2 Å². The molecule has 2 N–H and O–H groups in total. The fourth-order valence-corrected chi connectivity index (χ4v) is 1.75. The van der Waals surface area contributed by atoms with Crippen LogP contribution in [0.1, 0.15) is 16.3 Å². The molecule has 2 rings (SSSR count). The Balaban J connectivity index is 1.93. The number of amides is 1. The van der Waals surface area contributed by atoms with Crippen molar-refractivity contribution < 1.29 is 4.79 Å². The zero-order valence-corrected chi connectivity index (χ0v) is 11.1. The number of nitrogens with zero attached hydrogens (tertiary/aromatic N) is 3. The molecule has 100 valence electrons. The SMILES string of the molecule is CNC(=O)c1cc(NCCc2nccn2C)ccn1. The van der Waals surface area contributed by atoms with Crippen molar-refractivity contribution in [2.45, 2.75) is 6.42 Å². The molecule has 0 aliphatic rings. The number of anilines is 1. The lowest BCUT2D eigenvalue weighted by Crippen LogP contribution is -2.19. The van der Waals surface area contributed by atoms with E-state index in [1.54, 1.807) is 25.5 Å². The number of carbonyl (C=O) groups is 1. The fraction of sp³-hybridized carbons (Fsp3) is 0.308. The standard InChI is InChI=1S/C13H17N5O/c1-14-13(19)11-9-10(3-5-16-11)15-6-4-12-17-7-8-18(12)2/h3,5,7-9H,4,6H2,1-2H3,(H,14,19)(H,15,16). The van der Waals surface area contributed by atoms with Crippen LogP contribution in [0.15, 0.2) is 30.7 Å². The van der Waals surface area contributed by atoms with Gasteiger partial charge in [0.2, 0.25) is 0 Å². The third-order valence-electron chi connectivity index (χ3n) is 2.82. The molecule has 0 spiro atoms. The Morgan fingerprint density at radius 1 is 1.37 bits per heavy atom. The van der Waals surface area contributed by atoms with Crippen LogP contribution in [0.5, 0.6) is 0 Å². The Hall–Kier alpha value is -2.37. The van der Waals surface area contributed by atoms with Gasteiger partial charge in [-0.05, 0) is 12.1 Å². The monoisotopic (exact) mass is 259 g/mol. The van der Waals surface area contributed by atoms with Gasteiger partial charge in [0, 0.05) is 51.3 Å². The van der Waals surface area contributed by atoms with E-state index in [9.17, 15) is 4.79 Å². The van der Waals surface area contributed by atoms with Gasteiger partial charge in [0.05, 0.1) is 0 Å². The van der Waals surface area contributed by atoms with E-state index < -0.39 is 0 Å². The minimum absolute atomic E-state index is 0.187. The van der Waals surface area contributed by atoms with Crippen molar-refractivity contribution in [3.05, 3.63) is 42.2 Å². The number of rotatable bonds is 5. The van der Waals surface area contributed by atoms with Crippen LogP contribution >= 0.6 is 0 Å². The van der Waals surface area contributed by atoms with Crippen molar-refractivity contribution in [1.29, 1.82) is 0 Å². The number of hydrogen-bond acceptors (Lipinski definition) is 4. The molecule has 6 heteroatoms. The van der Waals surface area contributed by atoms with Crippen LogP contribution in [0.3, 0.4) is 0 Å². The third-order valence-corrected chi connectivity index (χ3v) is 2.82. The molecule has 0 radical (unpaired) electrons. The molecule has 0 saturated carbocycles. The van der Waals surface area contributed by atoms with Crippen molar-refractivity contribution in [3.63, 3.8) is 0 Å². The van der Waals surface area contributed by atoms with Gasteiger partial charge in [0.15, 0.2) is 0 Å². The number of aromatic nitrogens is 3. The van der Waals surface area contributed by atoms with E-state index in [2.05, 4.69) is 20.6 Å². The molecule has 0 bridgehead atoms. The van der Waals surface area contributed by atoms with Crippen LogP contribution in [0.2, 0.25) is 0 Å². The van der Waals surface area contributed by atoms with Crippen LogP contribution in [0.25, 0.3) is 0 Å². The number of hydrogen-bond donors (Lipinski definition) is 2. The molecule has 0 atom stereocenters. The first-order valence-electron chi connectivity index (χ1n) is 6.09. The van der Waals surface area contributed by atoms with E-state index in [-0.39, 0.29) is 5.91 Å². The minimum Gasteiger partial charge on any atom is -0.384 e. The van der Waals surface area contributed by atoms with E-state index in [0.29, 0.717) is 5.69 Å². The number of aryl methyl sites for hydroxylation is 1. The van der Waals surface area contributed by atoms with Crippen LogP contribution < -0.4 is 10.6 Å². The Kier molecular flexibility index (Phi) is 4.12. The summed E-state index contributed by atoms with van der Waals surface area (Å²) in [6, 6.07) is 3.57. The van der Waals surface area contributed by atoms with Crippen molar-refractivity contribution in [2.75, 3.05) is 18.9 Å². The maximum atomic E-state index is 11.5. The van der Waals surface area contributed by atoms with E-state index in [0.717, 1.165) is 24.5 Å². The number of nitrogens with one attached hydrogen (secondary N) is 2. The highest BCUT2D eigenvalue weighted by Gasteiger charge is 2.05. The average molecular weight is 259 g/mol. The Labute approximate surface area is 111 Å². The molecule has 0 unspecified atom stereocenters. The number of pyridine rings is 1. The second kappa shape index (κ2) is 5.99. The smallest absolute Gasteiger partial charge is 0.269 e. The van der Waals surface area contributed by atoms with Gasteiger partial charge in [0.1, 0.15) is 11.5 Å². The molecular weight excluding hydrogens is 242 g/mol. The summed E-state index contributed by atoms with van der Waals surface area (Å²) in [5, 5.41) is 5.81. The van der Waals surface area contributed by atoms with E-state index >= 15 is 0 Å². The van der Waals surface area contributed by atoms with Crippen molar-refractivity contribution in [3.8, 4) is 0 Å². The van der Waals surface area contributed by atoms with Gasteiger partial charge in [-0.1, -0.05) is 0 Å². The van der Waals surface area contributed by atoms with Crippen molar-refractivity contribution in [2.24, 2.45) is 7.05 Å². The average Bonchev–Trinajstić information content (AvgIpc) is 2.84. The first kappa shape index (κ1) is 13.1. The molecule has 0 aliphatic carbocycles. The summed E-state index contributed by atoms with van der Waals surface area (Å²) in [6.45, 7) is 0.752. The van der Waals surface area contributed by atoms with E-state index in [4.69, 9.17) is 0 Å². The summed E-state index contributed by atoms with van der Waals surface area (Å²) < 4.78 is 1.99. The molecule has 6 nitrogen and oxygen atoms in total. The minimum atomic E-state index is -0.187. The summed E-state index contributed by atoms with van der Waals surface area (Å²) in [5.41, 5.74) is 1.28. The Bertz CT molecular complexity index is 564. The summed E-state index contributed by atoms with van der Waals surface area (Å²) in [4.78, 5) is 19.7. The molecule has 2 aromatic rings. The molecule has 2 aromatic heterocycles. The topological polar surface area (TPSA) is 71.8 Å². The van der Waals surface area contributed by atoms with Crippen LogP contribution in [-0.2, 0) is 13.5 Å². The summed E-state index contributed by atoms with van der Waals surface area (Å²) in [5.74, 6) is 0.834. The predicted octanol–water partition coefficient (Wildman–Crippen LogP) is 0.829. The largest absolute Gasteiger partial charge is 0.384 e. The first-order chi connectivity index (χ1) is 9.20. The molecular formula is C13H17N5O. The zero-order valence-electron chi connectivity index (χ0n) is 11.1. The summed E-state index contributed by atoms with van der Waals surface area (Å²) in [7, 11) is 3.56. The summed E-state index contributed by atoms with van der Waals surface area (Å²) in [6.07, 6.45) is 6.14. The fourth-order valence-electron chi connectivity index (χ4n) is 1.75. The second-order valence-electron chi connectivity index (χ2n) is 4.14. The van der Waals surface area contributed by atoms with Gasteiger partial charge in [0.25, 0.3) is 5.91 Å². The molecule has 0 saturated heterocycles. The van der Waals surface area contributed by atoms with Crippen molar-refractivity contribution in [1.82, 2.24) is 19.9 Å². The number of carbonyl (C=O) groups excluding carboxylic acids is 1. The maximum absolute atomic E-state index is 11.5. The van der Waals surface area contributed by atoms with Gasteiger partial charge in [-0.25, -0.2) is 4.98 Å². The normalized spacial score (nSPS) is 10.2. The highest BCUT2D eigenvalue weighted by atomic mass is 16.1. The highest BCUT2D eigenvalue weighted by Crippen LogP contribution is 2.08. The lowest BCUT2D eigenvalue weighted by atomic mass is 10.3. The highest BCUT2D eigenvalue weighted by molar-refractivity contribution is 5.92. The predicted molar refractivity (Wildman–Crippen MR) is 73.0 cm³/mol. The molecule has 2 heterocycles. The third kappa shape index (κ3) is 3.31. The molecule has 0 aromatic carbocycles. The summed E-state index contributed by atoms with van der Waals surface area (Å²) >= 11 is 0. The van der Waals surface area contributed by atoms with E-state index in [1.165, 1.54) is 0 Å². The van der Waals surface area contributed by atoms with Crippen molar-refractivity contribution >= 4 is 11.6 Å². The van der Waals surface area contributed by atoms with Gasteiger partial charge in [-0.2, -0.15) is 0 Å². The molecule has 0 aliphatic heterocycles. The quantitative estimate of drug-likeness (QED) is 0.834. The Morgan fingerprint density at radius 2 is 2.21 bits per heavy atom. The number of imidazole rings is 1. The van der Waals surface area contributed by atoms with Crippen LogP contribution in [0.4, 0.5) is 5.69 Å². The molecule has 0 fully saturated rings. The zero-order chi connectivity index (χ0) is 13.7. The van der Waals surface area contributed by atoms with Crippen LogP contribution in [-0.4, -0.2) is 34.0 Å². The molecule has 19 heavy (non-hydrogen) atoms. The maximum Gasteiger partial charge on any atom is 0.269 e. The lowest BCUT2D eigenvalue weighted by molar-refractivity contribution is 0.0958. The Morgan fingerprint density at radius 3 is 2.89 bits per heavy atom. The van der Waals surface area contributed by atoms with E-state index in [1.807, 2.05) is 23.9 Å². The van der Waals surface area contributed by atoms with Crippen LogP contribution in [0, 0.1) is 0 Å². The lowest BCUT2D eigenvalue weighted by Gasteiger charge is -2.07. The molecule has 1 amide bonds. The van der Waals surface area contributed by atoms with Gasteiger partial charge in [-0.3, -0.25) is 9.78 Å². The van der Waals surface area contributed by atoms with Gasteiger partial charge >= 0.3 is 0 Å². The first-order valence-corrected chi connectivity index (χ1v) is 6.09.